The van der Waals surface area contributed by atoms with Crippen LogP contribution in [0, 0.1) is 13.8 Å². The molecule has 0 unspecified atom stereocenters. The molecule has 0 atom stereocenters. The van der Waals surface area contributed by atoms with Gasteiger partial charge in [0, 0.05) is 0 Å². The van der Waals surface area contributed by atoms with Crippen molar-refractivity contribution in [3.05, 3.63) is 94.5 Å². The van der Waals surface area contributed by atoms with Crippen LogP contribution >= 0.6 is 0 Å². The Hall–Kier alpha value is -2.74. The van der Waals surface area contributed by atoms with Crippen LogP contribution in [0.5, 0.6) is 11.5 Å². The van der Waals surface area contributed by atoms with Crippen LogP contribution in [0.15, 0.2) is 66.7 Å². The van der Waals surface area contributed by atoms with Crippen molar-refractivity contribution < 1.29 is 9.47 Å². The lowest BCUT2D eigenvalue weighted by atomic mass is 10.1. The van der Waals surface area contributed by atoms with Crippen molar-refractivity contribution in [3.8, 4) is 11.5 Å². The first-order chi connectivity index (χ1) is 12.6. The molecular formula is C24H26O2. The van der Waals surface area contributed by atoms with Crippen LogP contribution in [0.2, 0.25) is 0 Å². The van der Waals surface area contributed by atoms with E-state index in [1.54, 1.807) is 0 Å². The highest BCUT2D eigenvalue weighted by atomic mass is 16.5. The zero-order chi connectivity index (χ0) is 18.4. The van der Waals surface area contributed by atoms with Gasteiger partial charge in [0.2, 0.25) is 0 Å². The summed E-state index contributed by atoms with van der Waals surface area (Å²) < 4.78 is 12.1. The van der Waals surface area contributed by atoms with E-state index >= 15 is 0 Å². The molecule has 0 saturated carbocycles. The summed E-state index contributed by atoms with van der Waals surface area (Å²) in [7, 11) is 0. The molecule has 0 saturated heterocycles. The predicted octanol–water partition coefficient (Wildman–Crippen LogP) is 6.02. The number of aryl methyl sites for hydroxylation is 3. The molecule has 2 nitrogen and oxygen atoms in total. The monoisotopic (exact) mass is 346 g/mol. The Morgan fingerprint density at radius 1 is 0.577 bits per heavy atom. The van der Waals surface area contributed by atoms with E-state index in [1.165, 1.54) is 16.7 Å². The molecule has 2 heteroatoms. The first-order valence-electron chi connectivity index (χ1n) is 9.13. The van der Waals surface area contributed by atoms with Crippen molar-refractivity contribution in [2.75, 3.05) is 0 Å². The van der Waals surface area contributed by atoms with Gasteiger partial charge in [0.1, 0.15) is 13.2 Å². The first kappa shape index (κ1) is 18.1. The molecule has 0 aliphatic heterocycles. The second kappa shape index (κ2) is 8.57. The van der Waals surface area contributed by atoms with Gasteiger partial charge < -0.3 is 9.47 Å². The fraction of sp³-hybridized carbons (Fsp3) is 0.250. The molecule has 0 N–H and O–H groups in total. The highest BCUT2D eigenvalue weighted by molar-refractivity contribution is 5.43. The van der Waals surface area contributed by atoms with Gasteiger partial charge >= 0.3 is 0 Å². The van der Waals surface area contributed by atoms with E-state index < -0.39 is 0 Å². The molecule has 3 rings (SSSR count). The SMILES string of the molecule is CCc1ccc(OCc2ccc(C)cc2)c(OCc2ccc(C)cc2)c1. The fourth-order valence-corrected chi connectivity index (χ4v) is 2.70. The summed E-state index contributed by atoms with van der Waals surface area (Å²) >= 11 is 0. The third-order valence-electron chi connectivity index (χ3n) is 4.45. The predicted molar refractivity (Wildman–Crippen MR) is 107 cm³/mol. The van der Waals surface area contributed by atoms with Gasteiger partial charge in [-0.1, -0.05) is 72.6 Å². The minimum absolute atomic E-state index is 0.534. The van der Waals surface area contributed by atoms with Gasteiger partial charge in [-0.15, -0.1) is 0 Å². The van der Waals surface area contributed by atoms with Crippen molar-refractivity contribution >= 4 is 0 Å². The second-order valence-electron chi connectivity index (χ2n) is 6.68. The van der Waals surface area contributed by atoms with Crippen molar-refractivity contribution in [3.63, 3.8) is 0 Å². The van der Waals surface area contributed by atoms with E-state index in [1.807, 2.05) is 6.07 Å². The average molecular weight is 346 g/mol. The molecular weight excluding hydrogens is 320 g/mol. The maximum Gasteiger partial charge on any atom is 0.161 e. The fourth-order valence-electron chi connectivity index (χ4n) is 2.70. The van der Waals surface area contributed by atoms with Crippen LogP contribution in [-0.2, 0) is 19.6 Å². The number of rotatable bonds is 7. The van der Waals surface area contributed by atoms with Gasteiger partial charge in [0.15, 0.2) is 11.5 Å². The van der Waals surface area contributed by atoms with Crippen molar-refractivity contribution in [1.82, 2.24) is 0 Å². The Bertz CT molecular complexity index is 833. The Kier molecular flexibility index (Phi) is 5.96. The van der Waals surface area contributed by atoms with Gasteiger partial charge in [0.25, 0.3) is 0 Å². The third-order valence-corrected chi connectivity index (χ3v) is 4.45. The van der Waals surface area contributed by atoms with Gasteiger partial charge in [-0.25, -0.2) is 0 Å². The molecule has 0 spiro atoms. The van der Waals surface area contributed by atoms with Crippen LogP contribution < -0.4 is 9.47 Å². The highest BCUT2D eigenvalue weighted by Gasteiger charge is 2.08. The van der Waals surface area contributed by atoms with Crippen LogP contribution in [0.1, 0.15) is 34.7 Å². The topological polar surface area (TPSA) is 18.5 Å². The van der Waals surface area contributed by atoms with Crippen LogP contribution in [0.4, 0.5) is 0 Å². The molecule has 3 aromatic rings. The number of benzene rings is 3. The van der Waals surface area contributed by atoms with E-state index in [2.05, 4.69) is 81.4 Å². The lowest BCUT2D eigenvalue weighted by molar-refractivity contribution is 0.255. The molecule has 0 aliphatic rings. The summed E-state index contributed by atoms with van der Waals surface area (Å²) in [6.07, 6.45) is 0.971. The first-order valence-corrected chi connectivity index (χ1v) is 9.13. The molecule has 0 radical (unpaired) electrons. The largest absolute Gasteiger partial charge is 0.485 e. The molecule has 0 fully saturated rings. The molecule has 0 bridgehead atoms. The summed E-state index contributed by atoms with van der Waals surface area (Å²) in [5.74, 6) is 1.59. The van der Waals surface area contributed by atoms with Crippen LogP contribution in [0.25, 0.3) is 0 Å². The standard InChI is InChI=1S/C24H26O2/c1-4-20-13-14-23(25-16-21-9-5-18(2)6-10-21)24(15-20)26-17-22-11-7-19(3)8-12-22/h5-15H,4,16-17H2,1-3H3. The summed E-state index contributed by atoms with van der Waals surface area (Å²) in [5, 5.41) is 0. The molecule has 0 amide bonds. The lowest BCUT2D eigenvalue weighted by Gasteiger charge is -2.14. The van der Waals surface area contributed by atoms with E-state index in [0.29, 0.717) is 13.2 Å². The Morgan fingerprint density at radius 3 is 1.54 bits per heavy atom. The van der Waals surface area contributed by atoms with Gasteiger partial charge in [-0.2, -0.15) is 0 Å². The lowest BCUT2D eigenvalue weighted by Crippen LogP contribution is -2.01. The van der Waals surface area contributed by atoms with Gasteiger partial charge in [-0.3, -0.25) is 0 Å². The maximum absolute atomic E-state index is 6.09. The molecule has 0 aromatic heterocycles. The third kappa shape index (κ3) is 4.89. The van der Waals surface area contributed by atoms with Crippen molar-refractivity contribution in [2.45, 2.75) is 40.4 Å². The van der Waals surface area contributed by atoms with E-state index in [4.69, 9.17) is 9.47 Å². The number of hydrogen-bond donors (Lipinski definition) is 0. The minimum Gasteiger partial charge on any atom is -0.485 e. The average Bonchev–Trinajstić information content (AvgIpc) is 2.67. The number of ether oxygens (including phenoxy) is 2. The van der Waals surface area contributed by atoms with E-state index in [-0.39, 0.29) is 0 Å². The molecule has 3 aromatic carbocycles. The Morgan fingerprint density at radius 2 is 1.04 bits per heavy atom. The molecule has 0 aliphatic carbocycles. The maximum atomic E-state index is 6.09. The Balaban J connectivity index is 1.71. The zero-order valence-corrected chi connectivity index (χ0v) is 15.8. The smallest absolute Gasteiger partial charge is 0.161 e. The summed E-state index contributed by atoms with van der Waals surface area (Å²) in [6.45, 7) is 7.39. The molecule has 26 heavy (non-hydrogen) atoms. The summed E-state index contributed by atoms with van der Waals surface area (Å²) in [6, 6.07) is 23.0. The van der Waals surface area contributed by atoms with Crippen molar-refractivity contribution in [2.24, 2.45) is 0 Å². The van der Waals surface area contributed by atoms with Crippen molar-refractivity contribution in [1.29, 1.82) is 0 Å². The van der Waals surface area contributed by atoms with Gasteiger partial charge in [-0.05, 0) is 49.1 Å². The molecule has 0 heterocycles. The van der Waals surface area contributed by atoms with Crippen LogP contribution in [0.3, 0.4) is 0 Å². The summed E-state index contributed by atoms with van der Waals surface area (Å²) in [5.41, 5.74) is 6.06. The zero-order valence-electron chi connectivity index (χ0n) is 15.8. The van der Waals surface area contributed by atoms with E-state index in [0.717, 1.165) is 29.0 Å². The van der Waals surface area contributed by atoms with E-state index in [9.17, 15) is 0 Å². The minimum atomic E-state index is 0.534. The molecule has 134 valence electrons. The second-order valence-corrected chi connectivity index (χ2v) is 6.68. The summed E-state index contributed by atoms with van der Waals surface area (Å²) in [4.78, 5) is 0. The Labute approximate surface area is 156 Å². The van der Waals surface area contributed by atoms with Gasteiger partial charge in [0.05, 0.1) is 0 Å². The normalized spacial score (nSPS) is 10.6. The highest BCUT2D eigenvalue weighted by Crippen LogP contribution is 2.30. The number of hydrogen-bond acceptors (Lipinski definition) is 2. The van der Waals surface area contributed by atoms with Crippen LogP contribution in [-0.4, -0.2) is 0 Å². The quantitative estimate of drug-likeness (QED) is 0.520.